The molecule has 1 unspecified atom stereocenters. The van der Waals surface area contributed by atoms with E-state index in [9.17, 15) is 19.5 Å². The second-order valence-corrected chi connectivity index (χ2v) is 7.24. The summed E-state index contributed by atoms with van der Waals surface area (Å²) in [5, 5.41) is 10.8. The summed E-state index contributed by atoms with van der Waals surface area (Å²) in [5.74, 6) is -0.414. The van der Waals surface area contributed by atoms with Crippen molar-refractivity contribution in [3.05, 3.63) is 57.6 Å². The highest BCUT2D eigenvalue weighted by molar-refractivity contribution is 6.30. The molecule has 0 saturated carbocycles. The van der Waals surface area contributed by atoms with E-state index in [1.807, 2.05) is 0 Å². The molecular weight excluding hydrogens is 360 g/mol. The fourth-order valence-corrected chi connectivity index (χ4v) is 4.30. The highest BCUT2D eigenvalue weighted by atomic mass is 16.5. The molecule has 28 heavy (non-hydrogen) atoms. The van der Waals surface area contributed by atoms with Crippen molar-refractivity contribution in [3.63, 3.8) is 0 Å². The van der Waals surface area contributed by atoms with Crippen molar-refractivity contribution in [2.45, 2.75) is 31.8 Å². The molecule has 2 aromatic carbocycles. The van der Waals surface area contributed by atoms with Gasteiger partial charge in [-0.25, -0.2) is 0 Å². The molecule has 0 saturated heterocycles. The minimum Gasteiger partial charge on any atom is -0.496 e. The third kappa shape index (κ3) is 2.34. The first-order chi connectivity index (χ1) is 13.3. The number of ether oxygens (including phenoxy) is 2. The fourth-order valence-electron chi connectivity index (χ4n) is 4.30. The summed E-state index contributed by atoms with van der Waals surface area (Å²) in [4.78, 5) is 38.5. The summed E-state index contributed by atoms with van der Waals surface area (Å²) in [6.07, 6.45) is 0.557. The van der Waals surface area contributed by atoms with E-state index in [0.717, 1.165) is 0 Å². The number of hydrogen-bond acceptors (Lipinski definition) is 6. The Morgan fingerprint density at radius 1 is 0.964 bits per heavy atom. The lowest BCUT2D eigenvalue weighted by atomic mass is 9.73. The molecule has 2 aromatic rings. The van der Waals surface area contributed by atoms with Crippen LogP contribution in [-0.2, 0) is 17.6 Å². The van der Waals surface area contributed by atoms with E-state index in [-0.39, 0.29) is 47.1 Å². The van der Waals surface area contributed by atoms with Crippen LogP contribution in [0.5, 0.6) is 11.5 Å². The molecule has 0 radical (unpaired) electrons. The molecule has 2 aliphatic rings. The van der Waals surface area contributed by atoms with Crippen LogP contribution in [0.3, 0.4) is 0 Å². The molecule has 0 spiro atoms. The van der Waals surface area contributed by atoms with Crippen LogP contribution in [0.25, 0.3) is 0 Å². The molecular formula is C22H20O6. The Bertz CT molecular complexity index is 1050. The van der Waals surface area contributed by atoms with E-state index in [1.165, 1.54) is 21.1 Å². The van der Waals surface area contributed by atoms with Gasteiger partial charge < -0.3 is 14.6 Å². The first kappa shape index (κ1) is 18.4. The molecule has 0 aliphatic heterocycles. The zero-order valence-electron chi connectivity index (χ0n) is 15.9. The monoisotopic (exact) mass is 380 g/mol. The van der Waals surface area contributed by atoms with Gasteiger partial charge in [0, 0.05) is 28.7 Å². The van der Waals surface area contributed by atoms with Crippen LogP contribution >= 0.6 is 0 Å². The number of carbonyl (C=O) groups excluding carboxylic acids is 3. The summed E-state index contributed by atoms with van der Waals surface area (Å²) < 4.78 is 11.1. The largest absolute Gasteiger partial charge is 0.496 e. The van der Waals surface area contributed by atoms with Crippen molar-refractivity contribution < 1.29 is 29.0 Å². The summed E-state index contributed by atoms with van der Waals surface area (Å²) in [5.41, 5.74) is 0.671. The van der Waals surface area contributed by atoms with E-state index in [1.54, 1.807) is 24.3 Å². The van der Waals surface area contributed by atoms with E-state index >= 15 is 0 Å². The number of rotatable bonds is 3. The molecule has 0 bridgehead atoms. The zero-order chi connectivity index (χ0) is 20.2. The van der Waals surface area contributed by atoms with Crippen molar-refractivity contribution in [1.29, 1.82) is 0 Å². The number of carbonyl (C=O) groups is 3. The van der Waals surface area contributed by atoms with Gasteiger partial charge in [0.2, 0.25) is 0 Å². The van der Waals surface area contributed by atoms with Crippen LogP contribution < -0.4 is 9.47 Å². The Hall–Kier alpha value is -2.99. The molecule has 1 N–H and O–H groups in total. The topological polar surface area (TPSA) is 89.9 Å². The van der Waals surface area contributed by atoms with Crippen LogP contribution in [0, 0.1) is 0 Å². The van der Waals surface area contributed by atoms with Gasteiger partial charge in [-0.1, -0.05) is 24.3 Å². The summed E-state index contributed by atoms with van der Waals surface area (Å²) in [7, 11) is 2.87. The predicted molar refractivity (Wildman–Crippen MR) is 101 cm³/mol. The number of Topliss-reactive ketones (excluding diaryl/α,β-unsaturated/α-hetero) is 1. The normalized spacial score (nSPS) is 20.1. The second kappa shape index (κ2) is 6.27. The maximum absolute atomic E-state index is 13.3. The van der Waals surface area contributed by atoms with Crippen LogP contribution in [-0.4, -0.2) is 42.3 Å². The lowest BCUT2D eigenvalue weighted by molar-refractivity contribution is -0.136. The van der Waals surface area contributed by atoms with Crippen LogP contribution in [0.1, 0.15) is 56.3 Å². The third-order valence-electron chi connectivity index (χ3n) is 5.81. The van der Waals surface area contributed by atoms with Crippen LogP contribution in [0.4, 0.5) is 0 Å². The Morgan fingerprint density at radius 2 is 1.46 bits per heavy atom. The van der Waals surface area contributed by atoms with Gasteiger partial charge in [0.1, 0.15) is 17.1 Å². The average Bonchev–Trinajstić information content (AvgIpc) is 2.70. The molecule has 4 rings (SSSR count). The van der Waals surface area contributed by atoms with Gasteiger partial charge in [-0.05, 0) is 19.8 Å². The third-order valence-corrected chi connectivity index (χ3v) is 5.81. The maximum Gasteiger partial charge on any atom is 0.198 e. The number of hydrogen-bond donors (Lipinski definition) is 1. The number of methoxy groups -OCH3 is 2. The number of aliphatic hydroxyl groups is 1. The second-order valence-electron chi connectivity index (χ2n) is 7.24. The van der Waals surface area contributed by atoms with E-state index in [4.69, 9.17) is 9.47 Å². The predicted octanol–water partition coefficient (Wildman–Crippen LogP) is 2.29. The summed E-state index contributed by atoms with van der Waals surface area (Å²) >= 11 is 0. The van der Waals surface area contributed by atoms with E-state index in [2.05, 4.69) is 0 Å². The van der Waals surface area contributed by atoms with Gasteiger partial charge in [-0.3, -0.25) is 14.4 Å². The van der Waals surface area contributed by atoms with Gasteiger partial charge >= 0.3 is 0 Å². The Balaban J connectivity index is 2.06. The smallest absolute Gasteiger partial charge is 0.198 e. The van der Waals surface area contributed by atoms with Crippen molar-refractivity contribution >= 4 is 17.3 Å². The standard InChI is InChI=1S/C22H20O6/c1-11(23)22(26)9-8-14-15(10-22)21(28-3)17-16(20(14)27-2)18(24)12-6-4-5-7-13(12)19(17)25/h4-7,26H,8-10H2,1-3H3. The van der Waals surface area contributed by atoms with Crippen molar-refractivity contribution in [2.75, 3.05) is 14.2 Å². The first-order valence-corrected chi connectivity index (χ1v) is 9.05. The Labute approximate surface area is 162 Å². The Morgan fingerprint density at radius 3 is 1.93 bits per heavy atom. The number of ketones is 3. The van der Waals surface area contributed by atoms with E-state index in [0.29, 0.717) is 34.4 Å². The molecule has 1 atom stereocenters. The minimum absolute atomic E-state index is 0.00754. The SMILES string of the molecule is COc1c2c(c(OC)c3c1C(=O)c1ccccc1C3=O)CC(O)(C(C)=O)CC2. The molecule has 0 aromatic heterocycles. The molecule has 0 amide bonds. The first-order valence-electron chi connectivity index (χ1n) is 9.05. The van der Waals surface area contributed by atoms with Crippen LogP contribution in [0.15, 0.2) is 24.3 Å². The number of benzene rings is 2. The number of fused-ring (bicyclic) bond motifs is 3. The average molecular weight is 380 g/mol. The van der Waals surface area contributed by atoms with Gasteiger partial charge in [0.05, 0.1) is 25.3 Å². The maximum atomic E-state index is 13.3. The lowest BCUT2D eigenvalue weighted by Crippen LogP contribution is -2.43. The lowest BCUT2D eigenvalue weighted by Gasteiger charge is -2.35. The fraction of sp³-hybridized carbons (Fsp3) is 0.318. The van der Waals surface area contributed by atoms with Gasteiger partial charge in [0.25, 0.3) is 0 Å². The molecule has 0 heterocycles. The van der Waals surface area contributed by atoms with Gasteiger partial charge in [0.15, 0.2) is 17.3 Å². The van der Waals surface area contributed by atoms with Gasteiger partial charge in [-0.15, -0.1) is 0 Å². The molecule has 6 heteroatoms. The molecule has 144 valence electrons. The summed E-state index contributed by atoms with van der Waals surface area (Å²) in [6.45, 7) is 1.35. The molecule has 6 nitrogen and oxygen atoms in total. The van der Waals surface area contributed by atoms with Gasteiger partial charge in [-0.2, -0.15) is 0 Å². The highest BCUT2D eigenvalue weighted by Crippen LogP contribution is 2.47. The molecule has 0 fully saturated rings. The van der Waals surface area contributed by atoms with Crippen LogP contribution in [0.2, 0.25) is 0 Å². The van der Waals surface area contributed by atoms with Crippen molar-refractivity contribution in [2.24, 2.45) is 0 Å². The molecule has 2 aliphatic carbocycles. The summed E-state index contributed by atoms with van der Waals surface area (Å²) in [6, 6.07) is 6.64. The Kier molecular flexibility index (Phi) is 4.12. The quantitative estimate of drug-likeness (QED) is 0.750. The highest BCUT2D eigenvalue weighted by Gasteiger charge is 2.44. The van der Waals surface area contributed by atoms with E-state index < -0.39 is 5.60 Å². The van der Waals surface area contributed by atoms with Crippen molar-refractivity contribution in [1.82, 2.24) is 0 Å². The zero-order valence-corrected chi connectivity index (χ0v) is 15.9. The minimum atomic E-state index is -1.53. The van der Waals surface area contributed by atoms with Crippen molar-refractivity contribution in [3.8, 4) is 11.5 Å².